The highest BCUT2D eigenvalue weighted by molar-refractivity contribution is 5.79. The van der Waals surface area contributed by atoms with E-state index >= 15 is 0 Å². The van der Waals surface area contributed by atoms with Gasteiger partial charge >= 0.3 is 0 Å². The quantitative estimate of drug-likeness (QED) is 0.405. The number of fused-ring (bicyclic) bond motifs is 1. The second kappa shape index (κ2) is 9.90. The minimum Gasteiger partial charge on any atom is -0.467 e. The lowest BCUT2D eigenvalue weighted by Crippen LogP contribution is -2.37. The van der Waals surface area contributed by atoms with Crippen molar-refractivity contribution in [2.45, 2.75) is 58.3 Å². The van der Waals surface area contributed by atoms with Gasteiger partial charge in [-0.3, -0.25) is 9.69 Å². The third kappa shape index (κ3) is 4.80. The van der Waals surface area contributed by atoms with Crippen LogP contribution in [0.5, 0.6) is 0 Å². The molecule has 1 aliphatic rings. The Labute approximate surface area is 197 Å². The molecule has 3 aromatic heterocycles. The number of nitrogens with zero attached hydrogens (tertiary/aromatic N) is 5. The summed E-state index contributed by atoms with van der Waals surface area (Å²) >= 11 is 0. The Morgan fingerprint density at radius 2 is 2.21 bits per heavy atom. The van der Waals surface area contributed by atoms with E-state index in [-0.39, 0.29) is 17.7 Å². The lowest BCUT2D eigenvalue weighted by atomic mass is 10.1. The minimum absolute atomic E-state index is 0.0706. The summed E-state index contributed by atoms with van der Waals surface area (Å²) in [4.78, 5) is 18.3. The number of aromatic nitrogens is 5. The van der Waals surface area contributed by atoms with E-state index in [1.54, 1.807) is 10.9 Å². The van der Waals surface area contributed by atoms with Crippen LogP contribution in [0.15, 0.2) is 51.9 Å². The number of tetrazole rings is 1. The maximum absolute atomic E-state index is 13.0. The standard InChI is InChI=1S/C25H30N6O3/c1-3-23(24-27-28-29-31(24)16-21-7-5-11-34-21)30(15-20-6-4-10-33-20)14-19-13-18-12-17(2)8-9-22(18)26-25(19)32/h5,7-9,11-13,20,23H,3-4,6,10,14-16H2,1-2H3,(H,26,32)/t20-,23+/m0/s1. The lowest BCUT2D eigenvalue weighted by Gasteiger charge is -2.32. The van der Waals surface area contributed by atoms with Gasteiger partial charge in [-0.15, -0.1) is 5.10 Å². The van der Waals surface area contributed by atoms with E-state index < -0.39 is 0 Å². The fourth-order valence-electron chi connectivity index (χ4n) is 4.78. The van der Waals surface area contributed by atoms with Crippen molar-refractivity contribution in [2.24, 2.45) is 0 Å². The van der Waals surface area contributed by atoms with Crippen molar-refractivity contribution in [1.29, 1.82) is 0 Å². The summed E-state index contributed by atoms with van der Waals surface area (Å²) in [6.45, 7) is 6.59. The average molecular weight is 463 g/mol. The van der Waals surface area contributed by atoms with E-state index in [9.17, 15) is 4.79 Å². The molecule has 0 radical (unpaired) electrons. The molecule has 0 unspecified atom stereocenters. The van der Waals surface area contributed by atoms with Crippen LogP contribution in [0.25, 0.3) is 10.9 Å². The minimum atomic E-state index is -0.0817. The first-order valence-electron chi connectivity index (χ1n) is 11.9. The second-order valence-electron chi connectivity index (χ2n) is 8.98. The molecule has 9 heteroatoms. The molecule has 5 rings (SSSR count). The number of H-pyrrole nitrogens is 1. The van der Waals surface area contributed by atoms with E-state index in [1.165, 1.54) is 0 Å². The summed E-state index contributed by atoms with van der Waals surface area (Å²) in [5.74, 6) is 1.54. The number of furan rings is 1. The Hall–Kier alpha value is -3.30. The summed E-state index contributed by atoms with van der Waals surface area (Å²) < 4.78 is 13.3. The largest absolute Gasteiger partial charge is 0.467 e. The Morgan fingerprint density at radius 3 is 2.97 bits per heavy atom. The maximum Gasteiger partial charge on any atom is 0.252 e. The molecule has 0 bridgehead atoms. The molecule has 1 aromatic carbocycles. The first-order valence-corrected chi connectivity index (χ1v) is 11.9. The molecule has 34 heavy (non-hydrogen) atoms. The molecule has 4 aromatic rings. The Balaban J connectivity index is 1.48. The number of hydrogen-bond acceptors (Lipinski definition) is 7. The molecular formula is C25H30N6O3. The zero-order chi connectivity index (χ0) is 23.5. The van der Waals surface area contributed by atoms with Gasteiger partial charge in [-0.2, -0.15) is 0 Å². The van der Waals surface area contributed by atoms with Crippen LogP contribution in [-0.2, 0) is 17.8 Å². The number of ether oxygens (including phenoxy) is 1. The first-order chi connectivity index (χ1) is 16.6. The van der Waals surface area contributed by atoms with Crippen molar-refractivity contribution in [3.05, 3.63) is 75.7 Å². The van der Waals surface area contributed by atoms with Crippen molar-refractivity contribution >= 4 is 10.9 Å². The fraction of sp³-hybridized carbons (Fsp3) is 0.440. The topological polar surface area (TPSA) is 102 Å². The van der Waals surface area contributed by atoms with Gasteiger partial charge in [-0.1, -0.05) is 18.6 Å². The number of pyridine rings is 1. The highest BCUT2D eigenvalue weighted by Crippen LogP contribution is 2.27. The molecule has 0 saturated carbocycles. The van der Waals surface area contributed by atoms with Gasteiger partial charge in [0.15, 0.2) is 5.82 Å². The fourth-order valence-corrected chi connectivity index (χ4v) is 4.78. The van der Waals surface area contributed by atoms with Crippen LogP contribution in [0, 0.1) is 6.92 Å². The Bertz CT molecular complexity index is 1290. The molecule has 0 spiro atoms. The van der Waals surface area contributed by atoms with E-state index in [2.05, 4.69) is 45.3 Å². The smallest absolute Gasteiger partial charge is 0.252 e. The van der Waals surface area contributed by atoms with Crippen molar-refractivity contribution in [2.75, 3.05) is 13.2 Å². The Morgan fingerprint density at radius 1 is 1.29 bits per heavy atom. The van der Waals surface area contributed by atoms with Gasteiger partial charge in [0.25, 0.3) is 5.56 Å². The van der Waals surface area contributed by atoms with Gasteiger partial charge < -0.3 is 14.1 Å². The summed E-state index contributed by atoms with van der Waals surface area (Å²) in [5, 5.41) is 13.6. The van der Waals surface area contributed by atoms with Crippen LogP contribution in [-0.4, -0.2) is 49.3 Å². The summed E-state index contributed by atoms with van der Waals surface area (Å²) in [5.41, 5.74) is 2.66. The summed E-state index contributed by atoms with van der Waals surface area (Å²) in [6.07, 6.45) is 4.63. The molecule has 1 fully saturated rings. The third-order valence-electron chi connectivity index (χ3n) is 6.48. The number of aromatic amines is 1. The Kier molecular flexibility index (Phi) is 6.55. The van der Waals surface area contributed by atoms with Gasteiger partial charge in [0.2, 0.25) is 0 Å². The van der Waals surface area contributed by atoms with E-state index in [1.807, 2.05) is 30.3 Å². The second-order valence-corrected chi connectivity index (χ2v) is 8.98. The molecule has 2 atom stereocenters. The summed E-state index contributed by atoms with van der Waals surface area (Å²) in [6, 6.07) is 11.7. The first kappa shape index (κ1) is 22.5. The van der Waals surface area contributed by atoms with Crippen LogP contribution in [0.1, 0.15) is 54.9 Å². The zero-order valence-corrected chi connectivity index (χ0v) is 19.6. The van der Waals surface area contributed by atoms with Crippen molar-refractivity contribution in [3.8, 4) is 0 Å². The molecule has 0 amide bonds. The highest BCUT2D eigenvalue weighted by Gasteiger charge is 2.29. The molecule has 9 nitrogen and oxygen atoms in total. The highest BCUT2D eigenvalue weighted by atomic mass is 16.5. The van der Waals surface area contributed by atoms with Crippen LogP contribution >= 0.6 is 0 Å². The molecule has 178 valence electrons. The number of rotatable bonds is 9. The number of aryl methyl sites for hydroxylation is 1. The van der Waals surface area contributed by atoms with E-state index in [0.29, 0.717) is 19.6 Å². The monoisotopic (exact) mass is 462 g/mol. The number of hydrogen-bond donors (Lipinski definition) is 1. The van der Waals surface area contributed by atoms with Crippen LogP contribution in [0.2, 0.25) is 0 Å². The van der Waals surface area contributed by atoms with Crippen LogP contribution < -0.4 is 5.56 Å². The van der Waals surface area contributed by atoms with E-state index in [4.69, 9.17) is 9.15 Å². The predicted molar refractivity (Wildman–Crippen MR) is 127 cm³/mol. The van der Waals surface area contributed by atoms with Crippen molar-refractivity contribution < 1.29 is 9.15 Å². The maximum atomic E-state index is 13.0. The normalized spacial score (nSPS) is 17.1. The predicted octanol–water partition coefficient (Wildman–Crippen LogP) is 3.60. The number of benzene rings is 1. The summed E-state index contributed by atoms with van der Waals surface area (Å²) in [7, 11) is 0. The van der Waals surface area contributed by atoms with Gasteiger partial charge in [0.05, 0.1) is 18.4 Å². The molecule has 1 aliphatic heterocycles. The third-order valence-corrected chi connectivity index (χ3v) is 6.48. The van der Waals surface area contributed by atoms with E-state index in [0.717, 1.165) is 59.5 Å². The van der Waals surface area contributed by atoms with Gasteiger partial charge in [-0.25, -0.2) is 4.68 Å². The molecule has 4 heterocycles. The SMILES string of the molecule is CC[C@H](c1nnnn1Cc1ccco1)N(Cc1cc2cc(C)ccc2[nH]c1=O)C[C@@H]1CCCO1. The molecule has 0 aliphatic carbocycles. The van der Waals surface area contributed by atoms with Crippen molar-refractivity contribution in [1.82, 2.24) is 30.1 Å². The number of nitrogens with one attached hydrogen (secondary N) is 1. The lowest BCUT2D eigenvalue weighted by molar-refractivity contribution is 0.0488. The van der Waals surface area contributed by atoms with Gasteiger partial charge in [-0.05, 0) is 72.3 Å². The molecule has 1 N–H and O–H groups in total. The zero-order valence-electron chi connectivity index (χ0n) is 19.6. The molecular weight excluding hydrogens is 432 g/mol. The van der Waals surface area contributed by atoms with Crippen LogP contribution in [0.4, 0.5) is 0 Å². The van der Waals surface area contributed by atoms with Gasteiger partial charge in [0, 0.05) is 30.8 Å². The van der Waals surface area contributed by atoms with Crippen LogP contribution in [0.3, 0.4) is 0 Å². The average Bonchev–Trinajstić information content (AvgIpc) is 3.60. The molecule has 1 saturated heterocycles. The van der Waals surface area contributed by atoms with Crippen molar-refractivity contribution in [3.63, 3.8) is 0 Å². The van der Waals surface area contributed by atoms with Gasteiger partial charge in [0.1, 0.15) is 12.3 Å².